The lowest BCUT2D eigenvalue weighted by Gasteiger charge is -2.22. The molecule has 0 atom stereocenters. The van der Waals surface area contributed by atoms with Crippen molar-refractivity contribution >= 4 is 11.9 Å². The fourth-order valence-electron chi connectivity index (χ4n) is 1.29. The second kappa shape index (κ2) is 6.71. The average Bonchev–Trinajstić information content (AvgIpc) is 2.32. The Bertz CT molecular complexity index is 353. The van der Waals surface area contributed by atoms with Crippen molar-refractivity contribution in [1.82, 2.24) is 0 Å². The Morgan fingerprint density at radius 1 is 1.24 bits per heavy atom. The summed E-state index contributed by atoms with van der Waals surface area (Å²) in [5.41, 5.74) is 2.19. The normalized spacial score (nSPS) is 9.88. The minimum absolute atomic E-state index is 0.104. The molecule has 0 heterocycles. The molecule has 0 saturated heterocycles. The summed E-state index contributed by atoms with van der Waals surface area (Å²) in [4.78, 5) is 23.6. The second-order valence-corrected chi connectivity index (χ2v) is 3.74. The summed E-state index contributed by atoms with van der Waals surface area (Å²) >= 11 is 0. The van der Waals surface area contributed by atoms with Crippen molar-refractivity contribution in [1.29, 1.82) is 0 Å². The molecule has 0 spiro atoms. The van der Waals surface area contributed by atoms with Crippen LogP contribution >= 0.6 is 0 Å². The molecule has 0 aliphatic carbocycles. The SMILES string of the molecule is C=CCC(C=C=C(C)C)(C(=O)OC)C(=O)OC. The van der Waals surface area contributed by atoms with E-state index in [0.717, 1.165) is 5.57 Å². The van der Waals surface area contributed by atoms with E-state index in [9.17, 15) is 9.59 Å². The number of hydrogen-bond acceptors (Lipinski definition) is 4. The van der Waals surface area contributed by atoms with Gasteiger partial charge in [0, 0.05) is 0 Å². The van der Waals surface area contributed by atoms with Crippen LogP contribution in [-0.4, -0.2) is 26.2 Å². The molecule has 0 saturated carbocycles. The van der Waals surface area contributed by atoms with Crippen molar-refractivity contribution in [2.24, 2.45) is 5.41 Å². The number of hydrogen-bond donors (Lipinski definition) is 0. The van der Waals surface area contributed by atoms with Gasteiger partial charge in [0.2, 0.25) is 0 Å². The van der Waals surface area contributed by atoms with E-state index in [1.807, 2.05) is 13.8 Å². The van der Waals surface area contributed by atoms with E-state index < -0.39 is 17.4 Å². The Labute approximate surface area is 102 Å². The fourth-order valence-corrected chi connectivity index (χ4v) is 1.29. The number of allylic oxidation sites excluding steroid dienone is 1. The van der Waals surface area contributed by atoms with Crippen molar-refractivity contribution in [2.75, 3.05) is 14.2 Å². The van der Waals surface area contributed by atoms with Gasteiger partial charge in [0.1, 0.15) is 0 Å². The molecule has 17 heavy (non-hydrogen) atoms. The zero-order chi connectivity index (χ0) is 13.5. The molecule has 94 valence electrons. The van der Waals surface area contributed by atoms with Crippen molar-refractivity contribution in [2.45, 2.75) is 20.3 Å². The third-order valence-electron chi connectivity index (χ3n) is 2.17. The van der Waals surface area contributed by atoms with Gasteiger partial charge in [-0.15, -0.1) is 12.3 Å². The minimum atomic E-state index is -1.50. The highest BCUT2D eigenvalue weighted by atomic mass is 16.5. The van der Waals surface area contributed by atoms with Gasteiger partial charge in [-0.1, -0.05) is 6.08 Å². The highest BCUT2D eigenvalue weighted by Crippen LogP contribution is 2.28. The molecule has 0 amide bonds. The molecule has 0 aromatic heterocycles. The third-order valence-corrected chi connectivity index (χ3v) is 2.17. The molecule has 0 rings (SSSR count). The molecule has 0 radical (unpaired) electrons. The zero-order valence-corrected chi connectivity index (χ0v) is 10.7. The average molecular weight is 238 g/mol. The van der Waals surface area contributed by atoms with Gasteiger partial charge in [0.15, 0.2) is 5.41 Å². The van der Waals surface area contributed by atoms with Crippen LogP contribution in [0.2, 0.25) is 0 Å². The van der Waals surface area contributed by atoms with Crippen LogP contribution in [0.25, 0.3) is 0 Å². The predicted molar refractivity (Wildman–Crippen MR) is 64.2 cm³/mol. The van der Waals surface area contributed by atoms with E-state index in [1.54, 1.807) is 0 Å². The standard InChI is InChI=1S/C13H18O4/c1-6-8-13(11(14)16-4,12(15)17-5)9-7-10(2)3/h6,9H,1,8H2,2-5H3. The number of ether oxygens (including phenoxy) is 2. The molecule has 4 nitrogen and oxygen atoms in total. The Kier molecular flexibility index (Phi) is 6.00. The first-order valence-corrected chi connectivity index (χ1v) is 5.13. The Balaban J connectivity index is 5.72. The van der Waals surface area contributed by atoms with E-state index in [4.69, 9.17) is 0 Å². The summed E-state index contributed by atoms with van der Waals surface area (Å²) in [5.74, 6) is -1.36. The first kappa shape index (κ1) is 15.2. The lowest BCUT2D eigenvalue weighted by Crippen LogP contribution is -2.39. The molecule has 0 aromatic rings. The molecular formula is C13H18O4. The van der Waals surface area contributed by atoms with Gasteiger partial charge < -0.3 is 9.47 Å². The monoisotopic (exact) mass is 238 g/mol. The van der Waals surface area contributed by atoms with Gasteiger partial charge >= 0.3 is 11.9 Å². The predicted octanol–water partition coefficient (Wildman–Crippen LogP) is 2.02. The number of esters is 2. The van der Waals surface area contributed by atoms with E-state index in [0.29, 0.717) is 0 Å². The van der Waals surface area contributed by atoms with Crippen LogP contribution in [0.15, 0.2) is 30.0 Å². The van der Waals surface area contributed by atoms with E-state index in [2.05, 4.69) is 21.8 Å². The maximum Gasteiger partial charge on any atom is 0.328 e. The summed E-state index contributed by atoms with van der Waals surface area (Å²) in [5, 5.41) is 0. The quantitative estimate of drug-likeness (QED) is 0.318. The maximum atomic E-state index is 11.8. The van der Waals surface area contributed by atoms with Crippen LogP contribution in [0.1, 0.15) is 20.3 Å². The summed E-state index contributed by atoms with van der Waals surface area (Å²) in [6, 6.07) is 0. The second-order valence-electron chi connectivity index (χ2n) is 3.74. The van der Waals surface area contributed by atoms with Gasteiger partial charge in [-0.25, -0.2) is 0 Å². The smallest absolute Gasteiger partial charge is 0.328 e. The van der Waals surface area contributed by atoms with Crippen molar-refractivity contribution in [3.63, 3.8) is 0 Å². The van der Waals surface area contributed by atoms with Crippen LogP contribution in [0.5, 0.6) is 0 Å². The van der Waals surface area contributed by atoms with E-state index in [1.165, 1.54) is 26.4 Å². The number of methoxy groups -OCH3 is 2. The first-order valence-electron chi connectivity index (χ1n) is 5.13. The van der Waals surface area contributed by atoms with Crippen LogP contribution in [0, 0.1) is 5.41 Å². The number of carbonyl (C=O) groups excluding carboxylic acids is 2. The molecule has 0 aliphatic heterocycles. The fraction of sp³-hybridized carbons (Fsp3) is 0.462. The summed E-state index contributed by atoms with van der Waals surface area (Å²) < 4.78 is 9.31. The molecule has 0 aliphatic rings. The van der Waals surface area contributed by atoms with Crippen molar-refractivity contribution in [3.05, 3.63) is 30.0 Å². The lowest BCUT2D eigenvalue weighted by molar-refractivity contribution is -0.164. The maximum absolute atomic E-state index is 11.8. The summed E-state index contributed by atoms with van der Waals surface area (Å²) in [6.45, 7) is 7.15. The Morgan fingerprint density at radius 2 is 1.71 bits per heavy atom. The molecule has 0 unspecified atom stereocenters. The van der Waals surface area contributed by atoms with Crippen molar-refractivity contribution in [3.8, 4) is 0 Å². The summed E-state index contributed by atoms with van der Waals surface area (Å²) in [7, 11) is 2.44. The van der Waals surface area contributed by atoms with Crippen LogP contribution in [-0.2, 0) is 19.1 Å². The Hall–Kier alpha value is -1.80. The van der Waals surface area contributed by atoms with Gasteiger partial charge in [0.05, 0.1) is 14.2 Å². The molecule has 0 N–H and O–H groups in total. The van der Waals surface area contributed by atoms with E-state index in [-0.39, 0.29) is 6.42 Å². The lowest BCUT2D eigenvalue weighted by atomic mass is 9.84. The molecular weight excluding hydrogens is 220 g/mol. The number of rotatable bonds is 5. The zero-order valence-electron chi connectivity index (χ0n) is 10.7. The van der Waals surface area contributed by atoms with Gasteiger partial charge in [-0.3, -0.25) is 9.59 Å². The molecule has 0 fully saturated rings. The minimum Gasteiger partial charge on any atom is -0.468 e. The van der Waals surface area contributed by atoms with Crippen molar-refractivity contribution < 1.29 is 19.1 Å². The van der Waals surface area contributed by atoms with Gasteiger partial charge in [-0.05, 0) is 31.9 Å². The molecule has 4 heteroatoms. The topological polar surface area (TPSA) is 52.6 Å². The largest absolute Gasteiger partial charge is 0.468 e. The Morgan fingerprint density at radius 3 is 2.00 bits per heavy atom. The third kappa shape index (κ3) is 3.61. The van der Waals surface area contributed by atoms with Crippen LogP contribution in [0.3, 0.4) is 0 Å². The van der Waals surface area contributed by atoms with Gasteiger partial charge in [-0.2, -0.15) is 0 Å². The molecule has 0 aromatic carbocycles. The highest BCUT2D eigenvalue weighted by Gasteiger charge is 2.45. The first-order chi connectivity index (χ1) is 7.94. The van der Waals surface area contributed by atoms with Crippen LogP contribution < -0.4 is 0 Å². The van der Waals surface area contributed by atoms with Gasteiger partial charge in [0.25, 0.3) is 0 Å². The number of carbonyl (C=O) groups is 2. The van der Waals surface area contributed by atoms with E-state index >= 15 is 0 Å². The molecule has 0 bridgehead atoms. The highest BCUT2D eigenvalue weighted by molar-refractivity contribution is 6.02. The summed E-state index contributed by atoms with van der Waals surface area (Å²) in [6.07, 6.45) is 2.95. The van der Waals surface area contributed by atoms with Crippen LogP contribution in [0.4, 0.5) is 0 Å².